The maximum atomic E-state index is 14.0. The lowest BCUT2D eigenvalue weighted by Crippen LogP contribution is -2.59. The molecular formula is C34H48N2O9. The highest BCUT2D eigenvalue weighted by Gasteiger charge is 2.56. The molecule has 1 aromatic carbocycles. The fourth-order valence-corrected chi connectivity index (χ4v) is 6.58. The lowest BCUT2D eigenvalue weighted by atomic mass is 9.82. The first-order chi connectivity index (χ1) is 21.7. The number of carbonyl (C=O) groups is 3. The Labute approximate surface area is 264 Å². The molecule has 2 aromatic rings. The lowest BCUT2D eigenvalue weighted by Gasteiger charge is -2.33. The summed E-state index contributed by atoms with van der Waals surface area (Å²) >= 11 is 0. The van der Waals surface area contributed by atoms with Crippen LogP contribution in [0, 0.1) is 12.8 Å². The Balaban J connectivity index is 1.34. The van der Waals surface area contributed by atoms with E-state index < -0.39 is 41.8 Å². The second-order valence-electron chi connectivity index (χ2n) is 12.3. The first-order valence-corrected chi connectivity index (χ1v) is 16.4. The molecule has 45 heavy (non-hydrogen) atoms. The number of Topliss-reactive ketones (excluding diaryl/α,β-unsaturated/α-hetero) is 1. The summed E-state index contributed by atoms with van der Waals surface area (Å²) in [5, 5.41) is 6.56. The van der Waals surface area contributed by atoms with Crippen LogP contribution < -0.4 is 16.5 Å². The number of ether oxygens (including phenoxy) is 3. The molecule has 248 valence electrons. The van der Waals surface area contributed by atoms with Crippen molar-refractivity contribution in [3.8, 4) is 0 Å². The molecule has 0 amide bonds. The molecule has 2 heterocycles. The van der Waals surface area contributed by atoms with E-state index in [0.29, 0.717) is 32.3 Å². The minimum absolute atomic E-state index is 0.00676. The predicted octanol–water partition coefficient (Wildman–Crippen LogP) is 5.51. The summed E-state index contributed by atoms with van der Waals surface area (Å²) in [6, 6.07) is 8.24. The van der Waals surface area contributed by atoms with Crippen LogP contribution in [0.15, 0.2) is 44.0 Å². The van der Waals surface area contributed by atoms with E-state index in [1.54, 1.807) is 13.8 Å². The summed E-state index contributed by atoms with van der Waals surface area (Å²) in [6.07, 6.45) is 9.03. The average Bonchev–Trinajstić information content (AvgIpc) is 3.68. The highest BCUT2D eigenvalue weighted by atomic mass is 16.7. The van der Waals surface area contributed by atoms with Gasteiger partial charge in [-0.15, -0.1) is 0 Å². The molecule has 1 saturated heterocycles. The first kappa shape index (κ1) is 34.4. The van der Waals surface area contributed by atoms with Crippen molar-refractivity contribution in [2.45, 2.75) is 128 Å². The quantitative estimate of drug-likeness (QED) is 0.159. The van der Waals surface area contributed by atoms with Crippen molar-refractivity contribution in [3.63, 3.8) is 0 Å². The summed E-state index contributed by atoms with van der Waals surface area (Å²) in [5.74, 6) is -1.12. The van der Waals surface area contributed by atoms with Crippen molar-refractivity contribution in [3.05, 3.63) is 58.0 Å². The highest BCUT2D eigenvalue weighted by molar-refractivity contribution is 5.94. The van der Waals surface area contributed by atoms with Crippen LogP contribution in [-0.4, -0.2) is 48.4 Å². The third-order valence-corrected chi connectivity index (χ3v) is 9.01. The van der Waals surface area contributed by atoms with Crippen molar-refractivity contribution in [1.82, 2.24) is 10.6 Å². The summed E-state index contributed by atoms with van der Waals surface area (Å²) in [6.45, 7) is 5.54. The summed E-state index contributed by atoms with van der Waals surface area (Å²) in [5.41, 5.74) is 0.185. The van der Waals surface area contributed by atoms with Gasteiger partial charge in [-0.1, -0.05) is 75.8 Å². The first-order valence-electron chi connectivity index (χ1n) is 16.4. The lowest BCUT2D eigenvalue weighted by molar-refractivity contribution is -0.148. The van der Waals surface area contributed by atoms with Gasteiger partial charge in [0.05, 0.1) is 18.2 Å². The molecule has 11 nitrogen and oxygen atoms in total. The third-order valence-electron chi connectivity index (χ3n) is 9.01. The van der Waals surface area contributed by atoms with Crippen LogP contribution in [-0.2, 0) is 36.8 Å². The van der Waals surface area contributed by atoms with Crippen LogP contribution in [0.2, 0.25) is 0 Å². The van der Waals surface area contributed by atoms with E-state index in [9.17, 15) is 19.2 Å². The number of aryl methyl sites for hydroxylation is 2. The Bertz CT molecular complexity index is 1310. The van der Waals surface area contributed by atoms with Crippen molar-refractivity contribution in [2.24, 2.45) is 5.92 Å². The number of hydrogen-bond donors (Lipinski definition) is 2. The van der Waals surface area contributed by atoms with Crippen LogP contribution in [0.25, 0.3) is 0 Å². The van der Waals surface area contributed by atoms with Gasteiger partial charge in [0.1, 0.15) is 6.04 Å². The Morgan fingerprint density at radius 1 is 1.07 bits per heavy atom. The van der Waals surface area contributed by atoms with Crippen LogP contribution in [0.1, 0.15) is 102 Å². The summed E-state index contributed by atoms with van der Waals surface area (Å²) in [7, 11) is 0. The number of unbranched alkanes of at least 4 members (excludes halogenated alkanes) is 5. The van der Waals surface area contributed by atoms with Crippen LogP contribution >= 0.6 is 0 Å². The van der Waals surface area contributed by atoms with Crippen molar-refractivity contribution >= 4 is 17.9 Å². The number of fused-ring (bicyclic) bond motifs is 1. The zero-order valence-corrected chi connectivity index (χ0v) is 26.8. The van der Waals surface area contributed by atoms with E-state index in [-0.39, 0.29) is 29.8 Å². The van der Waals surface area contributed by atoms with Gasteiger partial charge < -0.3 is 23.0 Å². The van der Waals surface area contributed by atoms with Crippen molar-refractivity contribution in [1.29, 1.82) is 0 Å². The van der Waals surface area contributed by atoms with Gasteiger partial charge in [0, 0.05) is 6.42 Å². The molecule has 2 aliphatic rings. The molecule has 0 radical (unpaired) electrons. The van der Waals surface area contributed by atoms with Gasteiger partial charge in [-0.2, -0.15) is 0 Å². The molecule has 1 aliphatic carbocycles. The molecule has 2 fully saturated rings. The van der Waals surface area contributed by atoms with Crippen LogP contribution in [0.4, 0.5) is 4.79 Å². The molecule has 0 bridgehead atoms. The topological polar surface area (TPSA) is 146 Å². The third kappa shape index (κ3) is 9.53. The van der Waals surface area contributed by atoms with E-state index in [0.717, 1.165) is 37.7 Å². The number of benzene rings is 1. The standard InChI is InChI=1S/C34H48N2O9/c1-4-5-6-7-8-12-20-41-32(39)45-29-21-26-16-13-19-34(26,36-29)30(37)23(2)35-27(18-17-25-14-10-9-11-15-25)31(38)42-22-28-24(3)43-33(40)44-28/h9-11,14-15,23,26-27,29,35-36H,4-8,12-13,16-22H2,1-3H3/t23-,26-,27-,29-,34-/m0/s1. The van der Waals surface area contributed by atoms with Gasteiger partial charge in [-0.25, -0.2) is 9.59 Å². The molecule has 4 rings (SSSR count). The Morgan fingerprint density at radius 2 is 1.82 bits per heavy atom. The predicted molar refractivity (Wildman–Crippen MR) is 165 cm³/mol. The number of rotatable bonds is 18. The fraction of sp³-hybridized carbons (Fsp3) is 0.647. The minimum atomic E-state index is -0.862. The van der Waals surface area contributed by atoms with Crippen LogP contribution in [0.5, 0.6) is 0 Å². The molecule has 2 N–H and O–H groups in total. The fourth-order valence-electron chi connectivity index (χ4n) is 6.58. The van der Waals surface area contributed by atoms with Gasteiger partial charge >= 0.3 is 17.9 Å². The maximum Gasteiger partial charge on any atom is 0.519 e. The second-order valence-corrected chi connectivity index (χ2v) is 12.3. The Morgan fingerprint density at radius 3 is 2.56 bits per heavy atom. The van der Waals surface area contributed by atoms with E-state index in [4.69, 9.17) is 23.0 Å². The zero-order chi connectivity index (χ0) is 32.2. The number of hydrogen-bond acceptors (Lipinski definition) is 11. The average molecular weight is 629 g/mol. The molecule has 11 heteroatoms. The van der Waals surface area contributed by atoms with Gasteiger partial charge in [-0.3, -0.25) is 20.2 Å². The number of nitrogens with one attached hydrogen (secondary N) is 2. The molecular weight excluding hydrogens is 580 g/mol. The Hall–Kier alpha value is -3.44. The largest absolute Gasteiger partial charge is 0.519 e. The maximum absolute atomic E-state index is 14.0. The molecule has 1 aliphatic heterocycles. The van der Waals surface area contributed by atoms with Gasteiger partial charge in [-0.05, 0) is 57.4 Å². The van der Waals surface area contributed by atoms with E-state index >= 15 is 0 Å². The summed E-state index contributed by atoms with van der Waals surface area (Å²) in [4.78, 5) is 51.1. The minimum Gasteiger partial charge on any atom is -0.456 e. The summed E-state index contributed by atoms with van der Waals surface area (Å²) < 4.78 is 26.2. The van der Waals surface area contributed by atoms with E-state index in [2.05, 4.69) is 17.6 Å². The monoisotopic (exact) mass is 628 g/mol. The Kier molecular flexibility index (Phi) is 12.8. The van der Waals surface area contributed by atoms with Gasteiger partial charge in [0.2, 0.25) is 0 Å². The van der Waals surface area contributed by atoms with Crippen molar-refractivity contribution < 1.29 is 37.4 Å². The molecule has 1 aromatic heterocycles. The van der Waals surface area contributed by atoms with E-state index in [1.807, 2.05) is 30.3 Å². The number of esters is 1. The highest BCUT2D eigenvalue weighted by Crippen LogP contribution is 2.45. The number of carbonyl (C=O) groups excluding carboxylic acids is 3. The smallest absolute Gasteiger partial charge is 0.456 e. The van der Waals surface area contributed by atoms with E-state index in [1.165, 1.54) is 19.3 Å². The zero-order valence-electron chi connectivity index (χ0n) is 26.8. The van der Waals surface area contributed by atoms with Gasteiger partial charge in [0.15, 0.2) is 30.1 Å². The van der Waals surface area contributed by atoms with Gasteiger partial charge in [0.25, 0.3) is 0 Å². The molecule has 5 atom stereocenters. The molecule has 1 saturated carbocycles. The SMILES string of the molecule is CCCCCCCCOC(=O)O[C@H]1C[C@@H]2CCC[C@]2(C(=O)[C@H](C)N[C@@H](CCc2ccccc2)C(=O)OCc2oc(=O)oc2C)N1. The van der Waals surface area contributed by atoms with Crippen LogP contribution in [0.3, 0.4) is 0 Å². The number of ketones is 1. The second kappa shape index (κ2) is 16.7. The van der Waals surface area contributed by atoms with Crippen molar-refractivity contribution in [2.75, 3.05) is 6.61 Å². The molecule has 0 spiro atoms. The normalized spacial score (nSPS) is 22.0. The molecule has 0 unspecified atom stereocenters.